The summed E-state index contributed by atoms with van der Waals surface area (Å²) in [5, 5.41) is 2.66. The molecular formula is C13H8. The average Bonchev–Trinajstić information content (AvgIpc) is 2.56. The SMILES string of the molecule is [C]1C=CC2=c3ccccc3=CC2=C1. The summed E-state index contributed by atoms with van der Waals surface area (Å²) in [6.45, 7) is 0. The van der Waals surface area contributed by atoms with Gasteiger partial charge < -0.3 is 0 Å². The predicted molar refractivity (Wildman–Crippen MR) is 54.0 cm³/mol. The van der Waals surface area contributed by atoms with Crippen LogP contribution in [0.5, 0.6) is 0 Å². The molecule has 2 aliphatic rings. The number of fused-ring (bicyclic) bond motifs is 2. The Hall–Kier alpha value is -1.56. The van der Waals surface area contributed by atoms with E-state index in [9.17, 15) is 0 Å². The van der Waals surface area contributed by atoms with Crippen LogP contribution in [-0.2, 0) is 0 Å². The molecule has 13 heavy (non-hydrogen) atoms. The van der Waals surface area contributed by atoms with Crippen molar-refractivity contribution in [1.82, 2.24) is 0 Å². The highest BCUT2D eigenvalue weighted by atomic mass is 14.1. The lowest BCUT2D eigenvalue weighted by Crippen LogP contribution is -2.21. The van der Waals surface area contributed by atoms with Crippen LogP contribution < -0.4 is 10.4 Å². The minimum Gasteiger partial charge on any atom is -0.0714 e. The second kappa shape index (κ2) is 2.46. The van der Waals surface area contributed by atoms with Crippen molar-refractivity contribution in [2.24, 2.45) is 0 Å². The van der Waals surface area contributed by atoms with E-state index in [4.69, 9.17) is 0 Å². The number of rotatable bonds is 0. The molecule has 0 saturated heterocycles. The zero-order valence-electron chi connectivity index (χ0n) is 7.12. The molecule has 2 aliphatic carbocycles. The average molecular weight is 164 g/mol. The van der Waals surface area contributed by atoms with E-state index in [1.54, 1.807) is 0 Å². The minimum atomic E-state index is 1.28. The molecule has 0 aromatic heterocycles. The Labute approximate surface area is 77.2 Å². The Morgan fingerprint density at radius 1 is 1.08 bits per heavy atom. The molecule has 0 nitrogen and oxygen atoms in total. The summed E-state index contributed by atoms with van der Waals surface area (Å²) in [7, 11) is 0. The fourth-order valence-corrected chi connectivity index (χ4v) is 1.84. The molecule has 0 N–H and O–H groups in total. The second-order valence-corrected chi connectivity index (χ2v) is 3.24. The first-order chi connectivity index (χ1) is 6.45. The van der Waals surface area contributed by atoms with Gasteiger partial charge in [-0.2, -0.15) is 0 Å². The van der Waals surface area contributed by atoms with E-state index in [-0.39, 0.29) is 0 Å². The van der Waals surface area contributed by atoms with Crippen molar-refractivity contribution in [2.45, 2.75) is 0 Å². The Morgan fingerprint density at radius 2 is 2.00 bits per heavy atom. The van der Waals surface area contributed by atoms with Crippen LogP contribution >= 0.6 is 0 Å². The van der Waals surface area contributed by atoms with Gasteiger partial charge in [0.25, 0.3) is 0 Å². The van der Waals surface area contributed by atoms with Crippen LogP contribution in [0.15, 0.2) is 48.1 Å². The van der Waals surface area contributed by atoms with Crippen molar-refractivity contribution < 1.29 is 0 Å². The van der Waals surface area contributed by atoms with E-state index in [0.29, 0.717) is 0 Å². The van der Waals surface area contributed by atoms with Crippen LogP contribution in [0.3, 0.4) is 0 Å². The molecule has 0 aliphatic heterocycles. The van der Waals surface area contributed by atoms with Crippen LogP contribution in [0.25, 0.3) is 11.6 Å². The molecular weight excluding hydrogens is 156 g/mol. The van der Waals surface area contributed by atoms with E-state index < -0.39 is 0 Å². The molecule has 2 radical (unpaired) electrons. The molecule has 3 rings (SSSR count). The second-order valence-electron chi connectivity index (χ2n) is 3.24. The van der Waals surface area contributed by atoms with Crippen LogP contribution in [0, 0.1) is 6.42 Å². The van der Waals surface area contributed by atoms with Gasteiger partial charge in [-0.05, 0) is 27.7 Å². The van der Waals surface area contributed by atoms with Crippen molar-refractivity contribution in [3.63, 3.8) is 0 Å². The van der Waals surface area contributed by atoms with Crippen LogP contribution in [-0.4, -0.2) is 0 Å². The highest BCUT2D eigenvalue weighted by Crippen LogP contribution is 2.20. The van der Waals surface area contributed by atoms with Gasteiger partial charge in [-0.1, -0.05) is 42.5 Å². The van der Waals surface area contributed by atoms with E-state index in [2.05, 4.69) is 42.8 Å². The van der Waals surface area contributed by atoms with Crippen molar-refractivity contribution >= 4 is 11.6 Å². The molecule has 60 valence electrons. The fourth-order valence-electron chi connectivity index (χ4n) is 1.84. The van der Waals surface area contributed by atoms with Gasteiger partial charge in [-0.25, -0.2) is 0 Å². The Morgan fingerprint density at radius 3 is 3.00 bits per heavy atom. The molecule has 0 bridgehead atoms. The Kier molecular flexibility index (Phi) is 1.31. The number of hydrogen-bond donors (Lipinski definition) is 0. The summed E-state index contributed by atoms with van der Waals surface area (Å²) in [6, 6.07) is 8.47. The standard InChI is InChI=1S/C13H8/c1-3-7-12-10(5-1)9-11-6-2-4-8-13(11)12/h1,3-9H. The van der Waals surface area contributed by atoms with E-state index in [0.717, 1.165) is 0 Å². The molecule has 1 aromatic carbocycles. The van der Waals surface area contributed by atoms with Gasteiger partial charge in [0.1, 0.15) is 0 Å². The fraction of sp³-hybridized carbons (Fsp3) is 0. The van der Waals surface area contributed by atoms with Crippen molar-refractivity contribution in [3.05, 3.63) is 64.9 Å². The Balaban J connectivity index is 2.50. The van der Waals surface area contributed by atoms with Gasteiger partial charge in [0, 0.05) is 6.42 Å². The quantitative estimate of drug-likeness (QED) is 0.540. The summed E-state index contributed by atoms with van der Waals surface area (Å²) in [4.78, 5) is 0. The lowest BCUT2D eigenvalue weighted by molar-refractivity contribution is 1.53. The summed E-state index contributed by atoms with van der Waals surface area (Å²) in [6.07, 6.45) is 11.4. The van der Waals surface area contributed by atoms with Crippen molar-refractivity contribution in [1.29, 1.82) is 0 Å². The monoisotopic (exact) mass is 164 g/mol. The van der Waals surface area contributed by atoms with Crippen LogP contribution in [0.1, 0.15) is 0 Å². The third kappa shape index (κ3) is 0.919. The zero-order valence-corrected chi connectivity index (χ0v) is 7.12. The highest BCUT2D eigenvalue weighted by molar-refractivity contribution is 5.88. The molecule has 0 unspecified atom stereocenters. The molecule has 0 heteroatoms. The number of hydrogen-bond acceptors (Lipinski definition) is 0. The maximum atomic E-state index is 3.10. The van der Waals surface area contributed by atoms with Crippen LogP contribution in [0.4, 0.5) is 0 Å². The normalized spacial score (nSPS) is 17.5. The topological polar surface area (TPSA) is 0 Å². The smallest absolute Gasteiger partial charge is 0.0350 e. The molecule has 0 saturated carbocycles. The maximum Gasteiger partial charge on any atom is 0.0350 e. The highest BCUT2D eigenvalue weighted by Gasteiger charge is 2.09. The first-order valence-corrected chi connectivity index (χ1v) is 4.39. The van der Waals surface area contributed by atoms with Gasteiger partial charge in [0.2, 0.25) is 0 Å². The maximum absolute atomic E-state index is 3.10. The molecule has 0 fully saturated rings. The lowest BCUT2D eigenvalue weighted by atomic mass is 10.0. The molecule has 0 amide bonds. The molecule has 1 aromatic rings. The minimum absolute atomic E-state index is 1.28. The zero-order chi connectivity index (χ0) is 8.67. The first kappa shape index (κ1) is 6.90. The van der Waals surface area contributed by atoms with Gasteiger partial charge in [0.15, 0.2) is 0 Å². The Bertz CT molecular complexity index is 527. The summed E-state index contributed by atoms with van der Waals surface area (Å²) in [5.74, 6) is 0. The summed E-state index contributed by atoms with van der Waals surface area (Å²) < 4.78 is 0. The van der Waals surface area contributed by atoms with Gasteiger partial charge in [-0.3, -0.25) is 0 Å². The lowest BCUT2D eigenvalue weighted by Gasteiger charge is -2.02. The first-order valence-electron chi connectivity index (χ1n) is 4.39. The third-order valence-corrected chi connectivity index (χ3v) is 2.46. The predicted octanol–water partition coefficient (Wildman–Crippen LogP) is 1.21. The molecule has 0 spiro atoms. The van der Waals surface area contributed by atoms with Crippen molar-refractivity contribution in [3.8, 4) is 0 Å². The molecule has 0 heterocycles. The van der Waals surface area contributed by atoms with E-state index >= 15 is 0 Å². The molecule has 0 atom stereocenters. The largest absolute Gasteiger partial charge is 0.0714 e. The van der Waals surface area contributed by atoms with Gasteiger partial charge >= 0.3 is 0 Å². The van der Waals surface area contributed by atoms with Crippen LogP contribution in [0.2, 0.25) is 0 Å². The van der Waals surface area contributed by atoms with E-state index in [1.807, 2.05) is 12.2 Å². The van der Waals surface area contributed by atoms with Gasteiger partial charge in [0.05, 0.1) is 0 Å². The number of allylic oxidation sites excluding steroid dienone is 4. The van der Waals surface area contributed by atoms with Crippen molar-refractivity contribution in [2.75, 3.05) is 0 Å². The van der Waals surface area contributed by atoms with E-state index in [1.165, 1.54) is 21.6 Å². The third-order valence-electron chi connectivity index (χ3n) is 2.46. The van der Waals surface area contributed by atoms with Gasteiger partial charge in [-0.15, -0.1) is 0 Å². The summed E-state index contributed by atoms with van der Waals surface area (Å²) in [5.41, 5.74) is 2.61. The summed E-state index contributed by atoms with van der Waals surface area (Å²) >= 11 is 0. The number of benzene rings is 1.